The first-order chi connectivity index (χ1) is 11.4. The Bertz CT molecular complexity index is 666. The van der Waals surface area contributed by atoms with Gasteiger partial charge in [0.1, 0.15) is 6.10 Å². The second-order valence-corrected chi connectivity index (χ2v) is 8.28. The number of aryl methyl sites for hydroxylation is 1. The molecular weight excluding hydrogens is 304 g/mol. The fourth-order valence-corrected chi connectivity index (χ4v) is 4.87. The van der Waals surface area contributed by atoms with Crippen molar-refractivity contribution in [3.63, 3.8) is 0 Å². The second kappa shape index (κ2) is 5.40. The molecule has 0 radical (unpaired) electrons. The Labute approximate surface area is 143 Å². The molecule has 4 nitrogen and oxygen atoms in total. The monoisotopic (exact) mass is 330 g/mol. The van der Waals surface area contributed by atoms with E-state index in [4.69, 9.17) is 14.2 Å². The maximum absolute atomic E-state index is 12.4. The molecule has 0 aromatic heterocycles. The third-order valence-electron chi connectivity index (χ3n) is 7.04. The summed E-state index contributed by atoms with van der Waals surface area (Å²) in [7, 11) is 0. The Balaban J connectivity index is 1.35. The van der Waals surface area contributed by atoms with Crippen LogP contribution in [0.1, 0.15) is 52.0 Å². The topological polar surface area (TPSA) is 44.8 Å². The zero-order valence-corrected chi connectivity index (χ0v) is 14.8. The van der Waals surface area contributed by atoms with Gasteiger partial charge in [-0.3, -0.25) is 4.79 Å². The smallest absolute Gasteiger partial charge is 0.306 e. The first kappa shape index (κ1) is 15.8. The van der Waals surface area contributed by atoms with Crippen molar-refractivity contribution in [1.82, 2.24) is 0 Å². The van der Waals surface area contributed by atoms with E-state index in [2.05, 4.69) is 20.8 Å². The van der Waals surface area contributed by atoms with Gasteiger partial charge < -0.3 is 14.2 Å². The van der Waals surface area contributed by atoms with E-state index >= 15 is 0 Å². The van der Waals surface area contributed by atoms with Gasteiger partial charge in [0.05, 0.1) is 0 Å². The third-order valence-corrected chi connectivity index (χ3v) is 7.04. The Morgan fingerprint density at radius 1 is 1.25 bits per heavy atom. The zero-order chi connectivity index (χ0) is 16.9. The molecule has 1 aromatic carbocycles. The predicted octanol–water partition coefficient (Wildman–Crippen LogP) is 4.11. The minimum absolute atomic E-state index is 0.0792. The molecule has 2 bridgehead atoms. The molecule has 1 aromatic rings. The Morgan fingerprint density at radius 2 is 2.04 bits per heavy atom. The molecule has 4 rings (SSSR count). The predicted molar refractivity (Wildman–Crippen MR) is 90.0 cm³/mol. The summed E-state index contributed by atoms with van der Waals surface area (Å²) in [5.41, 5.74) is 1.48. The summed E-state index contributed by atoms with van der Waals surface area (Å²) in [4.78, 5) is 12.4. The van der Waals surface area contributed by atoms with E-state index < -0.39 is 0 Å². The summed E-state index contributed by atoms with van der Waals surface area (Å²) in [6.07, 6.45) is 4.64. The quantitative estimate of drug-likeness (QED) is 0.780. The minimum Gasteiger partial charge on any atom is -0.462 e. The number of rotatable bonds is 4. The van der Waals surface area contributed by atoms with E-state index in [1.165, 1.54) is 12.8 Å². The van der Waals surface area contributed by atoms with Gasteiger partial charge in [-0.15, -0.1) is 0 Å². The number of fused-ring (bicyclic) bond motifs is 3. The van der Waals surface area contributed by atoms with Crippen molar-refractivity contribution in [1.29, 1.82) is 0 Å². The lowest BCUT2D eigenvalue weighted by Crippen LogP contribution is -2.38. The first-order valence-electron chi connectivity index (χ1n) is 8.98. The fraction of sp³-hybridized carbons (Fsp3) is 0.650. The summed E-state index contributed by atoms with van der Waals surface area (Å²) < 4.78 is 16.6. The van der Waals surface area contributed by atoms with Crippen molar-refractivity contribution in [3.05, 3.63) is 23.8 Å². The molecule has 3 atom stereocenters. The third kappa shape index (κ3) is 2.30. The normalized spacial score (nSPS) is 32.1. The van der Waals surface area contributed by atoms with Gasteiger partial charge in [0.25, 0.3) is 0 Å². The number of ether oxygens (including phenoxy) is 3. The molecule has 2 saturated carbocycles. The van der Waals surface area contributed by atoms with Crippen LogP contribution in [-0.4, -0.2) is 18.9 Å². The van der Waals surface area contributed by atoms with Gasteiger partial charge in [-0.1, -0.05) is 26.8 Å². The van der Waals surface area contributed by atoms with Crippen LogP contribution < -0.4 is 9.47 Å². The van der Waals surface area contributed by atoms with Gasteiger partial charge in [0.2, 0.25) is 6.79 Å². The average molecular weight is 330 g/mol. The van der Waals surface area contributed by atoms with Crippen molar-refractivity contribution >= 4 is 5.97 Å². The van der Waals surface area contributed by atoms with Gasteiger partial charge in [-0.05, 0) is 54.7 Å². The minimum atomic E-state index is -0.0813. The average Bonchev–Trinajstić information content (AvgIpc) is 3.15. The molecule has 0 spiro atoms. The molecular formula is C20H26O4. The zero-order valence-electron chi connectivity index (χ0n) is 14.8. The highest BCUT2D eigenvalue weighted by atomic mass is 16.7. The van der Waals surface area contributed by atoms with Gasteiger partial charge in [0, 0.05) is 11.8 Å². The highest BCUT2D eigenvalue weighted by molar-refractivity contribution is 5.70. The molecule has 2 unspecified atom stereocenters. The largest absolute Gasteiger partial charge is 0.462 e. The Morgan fingerprint density at radius 3 is 2.75 bits per heavy atom. The van der Waals surface area contributed by atoms with Gasteiger partial charge in [-0.25, -0.2) is 0 Å². The van der Waals surface area contributed by atoms with Crippen molar-refractivity contribution < 1.29 is 19.0 Å². The molecule has 1 heterocycles. The van der Waals surface area contributed by atoms with Crippen LogP contribution in [0.25, 0.3) is 0 Å². The van der Waals surface area contributed by atoms with Crippen molar-refractivity contribution in [3.8, 4) is 11.5 Å². The summed E-state index contributed by atoms with van der Waals surface area (Å²) >= 11 is 0. The highest BCUT2D eigenvalue weighted by Crippen LogP contribution is 2.66. The van der Waals surface area contributed by atoms with Crippen LogP contribution in [-0.2, 0) is 16.0 Å². The molecule has 2 fully saturated rings. The standard InChI is InChI=1S/C20H26O4/c1-19(2)14-8-9-20(19,3)17(11-14)24-18(21)7-5-13-4-6-15-16(10-13)23-12-22-15/h4,6,10,14,17H,5,7-9,11-12H2,1-3H3/t14?,17?,20-/m0/s1. The first-order valence-corrected chi connectivity index (χ1v) is 8.98. The fourth-order valence-electron chi connectivity index (χ4n) is 4.87. The molecule has 0 N–H and O–H groups in total. The number of benzene rings is 1. The van der Waals surface area contributed by atoms with Crippen LogP contribution in [0.3, 0.4) is 0 Å². The van der Waals surface area contributed by atoms with Crippen LogP contribution in [0.5, 0.6) is 11.5 Å². The molecule has 24 heavy (non-hydrogen) atoms. The summed E-state index contributed by atoms with van der Waals surface area (Å²) in [5.74, 6) is 2.15. The molecule has 2 aliphatic carbocycles. The second-order valence-electron chi connectivity index (χ2n) is 8.28. The van der Waals surface area contributed by atoms with E-state index in [0.29, 0.717) is 18.8 Å². The molecule has 1 aliphatic heterocycles. The lowest BCUT2D eigenvalue weighted by Gasteiger charge is -2.38. The molecule has 0 amide bonds. The number of carbonyl (C=O) groups is 1. The van der Waals surface area contributed by atoms with Gasteiger partial charge in [-0.2, -0.15) is 0 Å². The van der Waals surface area contributed by atoms with Crippen LogP contribution in [0, 0.1) is 16.7 Å². The van der Waals surface area contributed by atoms with Crippen molar-refractivity contribution in [2.24, 2.45) is 16.7 Å². The van der Waals surface area contributed by atoms with Crippen LogP contribution in [0.15, 0.2) is 18.2 Å². The summed E-state index contributed by atoms with van der Waals surface area (Å²) in [6.45, 7) is 7.25. The van der Waals surface area contributed by atoms with E-state index in [9.17, 15) is 4.79 Å². The van der Waals surface area contributed by atoms with Gasteiger partial charge in [0.15, 0.2) is 11.5 Å². The van der Waals surface area contributed by atoms with E-state index in [1.807, 2.05) is 18.2 Å². The Hall–Kier alpha value is -1.71. The number of carbonyl (C=O) groups excluding carboxylic acids is 1. The van der Waals surface area contributed by atoms with Crippen molar-refractivity contribution in [2.75, 3.05) is 6.79 Å². The number of hydrogen-bond donors (Lipinski definition) is 0. The van der Waals surface area contributed by atoms with E-state index in [1.54, 1.807) is 0 Å². The number of esters is 1. The summed E-state index contributed by atoms with van der Waals surface area (Å²) in [6, 6.07) is 5.85. The molecule has 4 heteroatoms. The molecule has 3 aliphatic rings. The maximum Gasteiger partial charge on any atom is 0.306 e. The molecule has 130 valence electrons. The lowest BCUT2D eigenvalue weighted by molar-refractivity contribution is -0.156. The van der Waals surface area contributed by atoms with Crippen molar-refractivity contribution in [2.45, 2.75) is 59.0 Å². The Kier molecular flexibility index (Phi) is 3.55. The molecule has 0 saturated heterocycles. The van der Waals surface area contributed by atoms with Crippen LogP contribution >= 0.6 is 0 Å². The number of hydrogen-bond acceptors (Lipinski definition) is 4. The van der Waals surface area contributed by atoms with E-state index in [0.717, 1.165) is 23.5 Å². The summed E-state index contributed by atoms with van der Waals surface area (Å²) in [5, 5.41) is 0. The van der Waals surface area contributed by atoms with Crippen LogP contribution in [0.2, 0.25) is 0 Å². The van der Waals surface area contributed by atoms with Gasteiger partial charge >= 0.3 is 5.97 Å². The maximum atomic E-state index is 12.4. The SMILES string of the molecule is CC1(C)C2CC[C@@]1(C)C(OC(=O)CCc1ccc3c(c1)OCO3)C2. The lowest BCUT2D eigenvalue weighted by atomic mass is 9.70. The highest BCUT2D eigenvalue weighted by Gasteiger charge is 2.62. The van der Waals surface area contributed by atoms with Crippen LogP contribution in [0.4, 0.5) is 0 Å². The van der Waals surface area contributed by atoms with E-state index in [-0.39, 0.29) is 29.7 Å².